The Balaban J connectivity index is 2.37. The molecule has 2 rings (SSSR count). The highest BCUT2D eigenvalue weighted by Crippen LogP contribution is 2.28. The maximum absolute atomic E-state index is 13.3. The summed E-state index contributed by atoms with van der Waals surface area (Å²) >= 11 is 0. The molecule has 0 radical (unpaired) electrons. The predicted molar refractivity (Wildman–Crippen MR) is 55.5 cm³/mol. The molecular formula is C11H15FN2. The quantitative estimate of drug-likeness (QED) is 0.672. The van der Waals surface area contributed by atoms with Crippen LogP contribution in [0.1, 0.15) is 30.0 Å². The number of halogens is 1. The second-order valence-corrected chi connectivity index (χ2v) is 3.88. The largest absolute Gasteiger partial charge is 0.396 e. The van der Waals surface area contributed by atoms with Crippen LogP contribution < -0.4 is 11.1 Å². The van der Waals surface area contributed by atoms with Gasteiger partial charge >= 0.3 is 0 Å². The normalized spacial score (nSPS) is 21.4. The lowest BCUT2D eigenvalue weighted by Crippen LogP contribution is -2.14. The number of aryl methyl sites for hydroxylation is 1. The summed E-state index contributed by atoms with van der Waals surface area (Å²) in [4.78, 5) is 0. The van der Waals surface area contributed by atoms with Crippen molar-refractivity contribution in [3.05, 3.63) is 29.1 Å². The Hall–Kier alpha value is -1.09. The van der Waals surface area contributed by atoms with Crippen molar-refractivity contribution in [2.75, 3.05) is 12.3 Å². The number of nitrogens with two attached hydrogens (primary N) is 1. The molecule has 1 aliphatic heterocycles. The summed E-state index contributed by atoms with van der Waals surface area (Å²) in [6.45, 7) is 3.00. The number of rotatable bonds is 1. The molecule has 3 heteroatoms. The molecule has 14 heavy (non-hydrogen) atoms. The van der Waals surface area contributed by atoms with Gasteiger partial charge in [-0.1, -0.05) is 0 Å². The fourth-order valence-corrected chi connectivity index (χ4v) is 2.04. The van der Waals surface area contributed by atoms with Gasteiger partial charge in [-0.3, -0.25) is 0 Å². The SMILES string of the molecule is Cc1cc(N)c(F)cc1[C@H]1CCCN1. The summed E-state index contributed by atoms with van der Waals surface area (Å²) in [5.74, 6) is -0.306. The first-order chi connectivity index (χ1) is 6.68. The minimum absolute atomic E-state index is 0.240. The molecular weight excluding hydrogens is 179 g/mol. The third-order valence-electron chi connectivity index (χ3n) is 2.82. The van der Waals surface area contributed by atoms with Crippen LogP contribution in [0.3, 0.4) is 0 Å². The first-order valence-electron chi connectivity index (χ1n) is 4.97. The molecule has 1 aromatic carbocycles. The number of hydrogen-bond acceptors (Lipinski definition) is 2. The van der Waals surface area contributed by atoms with Crippen molar-refractivity contribution in [1.29, 1.82) is 0 Å². The molecule has 0 amide bonds. The zero-order valence-electron chi connectivity index (χ0n) is 8.31. The number of benzene rings is 1. The van der Waals surface area contributed by atoms with Crippen LogP contribution >= 0.6 is 0 Å². The molecule has 1 fully saturated rings. The summed E-state index contributed by atoms with van der Waals surface area (Å²) in [6.07, 6.45) is 2.25. The monoisotopic (exact) mass is 194 g/mol. The summed E-state index contributed by atoms with van der Waals surface area (Å²) in [6, 6.07) is 3.59. The van der Waals surface area contributed by atoms with Crippen LogP contribution in [0.15, 0.2) is 12.1 Å². The van der Waals surface area contributed by atoms with Crippen molar-refractivity contribution in [2.45, 2.75) is 25.8 Å². The number of nitrogen functional groups attached to an aromatic ring is 1. The molecule has 0 saturated carbocycles. The van der Waals surface area contributed by atoms with Gasteiger partial charge < -0.3 is 11.1 Å². The fourth-order valence-electron chi connectivity index (χ4n) is 2.04. The van der Waals surface area contributed by atoms with Crippen molar-refractivity contribution < 1.29 is 4.39 Å². The lowest BCUT2D eigenvalue weighted by Gasteiger charge is -2.14. The average Bonchev–Trinajstić information content (AvgIpc) is 2.64. The van der Waals surface area contributed by atoms with Gasteiger partial charge in [0.1, 0.15) is 5.82 Å². The number of nitrogens with one attached hydrogen (secondary N) is 1. The molecule has 1 saturated heterocycles. The van der Waals surface area contributed by atoms with Gasteiger partial charge in [0.15, 0.2) is 0 Å². The van der Waals surface area contributed by atoms with Gasteiger partial charge in [-0.2, -0.15) is 0 Å². The van der Waals surface area contributed by atoms with Crippen molar-refractivity contribution >= 4 is 5.69 Å². The summed E-state index contributed by atoms with van der Waals surface area (Å²) in [7, 11) is 0. The highest BCUT2D eigenvalue weighted by atomic mass is 19.1. The zero-order chi connectivity index (χ0) is 10.1. The Morgan fingerprint density at radius 2 is 2.29 bits per heavy atom. The molecule has 1 aromatic rings. The zero-order valence-corrected chi connectivity index (χ0v) is 8.31. The lowest BCUT2D eigenvalue weighted by atomic mass is 9.99. The molecule has 1 atom stereocenters. The molecule has 3 N–H and O–H groups in total. The standard InChI is InChI=1S/C11H15FN2/c1-7-5-10(13)9(12)6-8(7)11-3-2-4-14-11/h5-6,11,14H,2-4,13H2,1H3/t11-/m1/s1. The third-order valence-corrected chi connectivity index (χ3v) is 2.82. The van der Waals surface area contributed by atoms with Crippen molar-refractivity contribution in [2.24, 2.45) is 0 Å². The van der Waals surface area contributed by atoms with E-state index in [4.69, 9.17) is 5.73 Å². The molecule has 0 unspecified atom stereocenters. The van der Waals surface area contributed by atoms with Gasteiger partial charge in [0.05, 0.1) is 5.69 Å². The second kappa shape index (κ2) is 3.58. The molecule has 76 valence electrons. The van der Waals surface area contributed by atoms with Gasteiger partial charge in [0.2, 0.25) is 0 Å². The van der Waals surface area contributed by atoms with E-state index in [1.54, 1.807) is 12.1 Å². The topological polar surface area (TPSA) is 38.0 Å². The second-order valence-electron chi connectivity index (χ2n) is 3.88. The molecule has 0 bridgehead atoms. The fraction of sp³-hybridized carbons (Fsp3) is 0.455. The first kappa shape index (κ1) is 9.46. The summed E-state index contributed by atoms with van der Waals surface area (Å²) in [5.41, 5.74) is 7.86. The van der Waals surface area contributed by atoms with E-state index in [0.717, 1.165) is 30.5 Å². The van der Waals surface area contributed by atoms with E-state index >= 15 is 0 Å². The Morgan fingerprint density at radius 1 is 1.50 bits per heavy atom. The number of hydrogen-bond donors (Lipinski definition) is 2. The highest BCUT2D eigenvalue weighted by molar-refractivity contribution is 5.46. The minimum atomic E-state index is -0.306. The maximum atomic E-state index is 13.3. The Morgan fingerprint density at radius 3 is 2.93 bits per heavy atom. The van der Waals surface area contributed by atoms with E-state index in [2.05, 4.69) is 5.32 Å². The van der Waals surface area contributed by atoms with Gasteiger partial charge in [-0.05, 0) is 49.6 Å². The summed E-state index contributed by atoms with van der Waals surface area (Å²) < 4.78 is 13.3. The molecule has 2 nitrogen and oxygen atoms in total. The molecule has 0 aliphatic carbocycles. The van der Waals surface area contributed by atoms with E-state index in [1.807, 2.05) is 6.92 Å². The Bertz CT molecular complexity index is 343. The van der Waals surface area contributed by atoms with Crippen molar-refractivity contribution in [3.63, 3.8) is 0 Å². The van der Waals surface area contributed by atoms with E-state index in [1.165, 1.54) is 0 Å². The van der Waals surface area contributed by atoms with Gasteiger partial charge in [0, 0.05) is 6.04 Å². The Labute approximate surface area is 83.3 Å². The van der Waals surface area contributed by atoms with Crippen LogP contribution in [-0.4, -0.2) is 6.54 Å². The van der Waals surface area contributed by atoms with Crippen LogP contribution in [0.2, 0.25) is 0 Å². The van der Waals surface area contributed by atoms with Crippen LogP contribution in [0.4, 0.5) is 10.1 Å². The van der Waals surface area contributed by atoms with E-state index < -0.39 is 0 Å². The first-order valence-corrected chi connectivity index (χ1v) is 4.97. The van der Waals surface area contributed by atoms with Gasteiger partial charge in [-0.15, -0.1) is 0 Å². The molecule has 1 heterocycles. The predicted octanol–water partition coefficient (Wildman–Crippen LogP) is 2.14. The number of anilines is 1. The molecule has 0 aromatic heterocycles. The van der Waals surface area contributed by atoms with E-state index in [-0.39, 0.29) is 11.5 Å². The van der Waals surface area contributed by atoms with Crippen LogP contribution in [-0.2, 0) is 0 Å². The average molecular weight is 194 g/mol. The van der Waals surface area contributed by atoms with Gasteiger partial charge in [-0.25, -0.2) is 4.39 Å². The minimum Gasteiger partial charge on any atom is -0.396 e. The maximum Gasteiger partial charge on any atom is 0.146 e. The smallest absolute Gasteiger partial charge is 0.146 e. The van der Waals surface area contributed by atoms with Crippen molar-refractivity contribution in [3.8, 4) is 0 Å². The lowest BCUT2D eigenvalue weighted by molar-refractivity contribution is 0.607. The third kappa shape index (κ3) is 1.60. The van der Waals surface area contributed by atoms with E-state index in [0.29, 0.717) is 6.04 Å². The van der Waals surface area contributed by atoms with Crippen LogP contribution in [0.25, 0.3) is 0 Å². The van der Waals surface area contributed by atoms with Crippen LogP contribution in [0.5, 0.6) is 0 Å². The van der Waals surface area contributed by atoms with E-state index in [9.17, 15) is 4.39 Å². The van der Waals surface area contributed by atoms with Crippen LogP contribution in [0, 0.1) is 12.7 Å². The summed E-state index contributed by atoms with van der Waals surface area (Å²) in [5, 5.41) is 3.35. The molecule has 0 spiro atoms. The highest BCUT2D eigenvalue weighted by Gasteiger charge is 2.19. The Kier molecular flexibility index (Phi) is 2.42. The van der Waals surface area contributed by atoms with Gasteiger partial charge in [0.25, 0.3) is 0 Å². The molecule has 1 aliphatic rings. The van der Waals surface area contributed by atoms with Crippen molar-refractivity contribution in [1.82, 2.24) is 5.32 Å².